The van der Waals surface area contributed by atoms with Crippen LogP contribution in [-0.4, -0.2) is 23.7 Å². The molecule has 1 fully saturated rings. The van der Waals surface area contributed by atoms with Crippen LogP contribution in [0.15, 0.2) is 22.7 Å². The third-order valence-electron chi connectivity index (χ3n) is 3.34. The normalized spacial score (nSPS) is 22.8. The van der Waals surface area contributed by atoms with Crippen molar-refractivity contribution in [2.24, 2.45) is 5.92 Å². The summed E-state index contributed by atoms with van der Waals surface area (Å²) in [6.45, 7) is 2.60. The van der Waals surface area contributed by atoms with E-state index in [1.54, 1.807) is 12.1 Å². The highest BCUT2D eigenvalue weighted by Crippen LogP contribution is 2.33. The Kier molecular flexibility index (Phi) is 3.58. The van der Waals surface area contributed by atoms with Crippen LogP contribution in [0.1, 0.15) is 18.9 Å². The molecule has 0 saturated carbocycles. The molecular weight excluding hydrogens is 296 g/mol. The van der Waals surface area contributed by atoms with Crippen molar-refractivity contribution in [2.75, 3.05) is 11.4 Å². The molecule has 0 aromatic heterocycles. The molecule has 0 bridgehead atoms. The lowest BCUT2D eigenvalue weighted by molar-refractivity contribution is -0.139. The number of nitriles is 1. The summed E-state index contributed by atoms with van der Waals surface area (Å²) in [4.78, 5) is 13.2. The number of carboxylic acids is 1. The first-order valence-corrected chi connectivity index (χ1v) is 6.53. The average Bonchev–Trinajstić information content (AvgIpc) is 2.71. The predicted octanol–water partition coefficient (Wildman–Crippen LogP) is 2.62. The van der Waals surface area contributed by atoms with Gasteiger partial charge in [0.25, 0.3) is 0 Å². The fourth-order valence-corrected chi connectivity index (χ4v) is 2.78. The van der Waals surface area contributed by atoms with E-state index in [9.17, 15) is 9.90 Å². The summed E-state index contributed by atoms with van der Waals surface area (Å²) >= 11 is 3.36. The minimum Gasteiger partial charge on any atom is -0.480 e. The summed E-state index contributed by atoms with van der Waals surface area (Å²) in [5.41, 5.74) is 1.21. The second-order valence-corrected chi connectivity index (χ2v) is 5.43. The fraction of sp³-hybridized carbons (Fsp3) is 0.385. The van der Waals surface area contributed by atoms with E-state index in [2.05, 4.69) is 22.0 Å². The van der Waals surface area contributed by atoms with Gasteiger partial charge in [-0.25, -0.2) is 4.79 Å². The van der Waals surface area contributed by atoms with E-state index < -0.39 is 12.0 Å². The zero-order chi connectivity index (χ0) is 13.3. The molecule has 4 nitrogen and oxygen atoms in total. The number of rotatable bonds is 2. The van der Waals surface area contributed by atoms with Crippen molar-refractivity contribution in [3.05, 3.63) is 28.2 Å². The van der Waals surface area contributed by atoms with Crippen molar-refractivity contribution >= 4 is 27.6 Å². The Bertz CT molecular complexity index is 524. The number of aliphatic carboxylic acids is 1. The second kappa shape index (κ2) is 4.99. The van der Waals surface area contributed by atoms with Crippen molar-refractivity contribution in [1.82, 2.24) is 0 Å². The van der Waals surface area contributed by atoms with Crippen molar-refractivity contribution in [3.8, 4) is 6.07 Å². The molecule has 0 aliphatic carbocycles. The van der Waals surface area contributed by atoms with Gasteiger partial charge in [0.1, 0.15) is 12.1 Å². The van der Waals surface area contributed by atoms with E-state index in [4.69, 9.17) is 5.26 Å². The summed E-state index contributed by atoms with van der Waals surface area (Å²) in [6, 6.07) is 6.88. The minimum absolute atomic E-state index is 0.0908. The molecule has 0 amide bonds. The monoisotopic (exact) mass is 308 g/mol. The highest BCUT2D eigenvalue weighted by atomic mass is 79.9. The van der Waals surface area contributed by atoms with Crippen LogP contribution in [0.3, 0.4) is 0 Å². The topological polar surface area (TPSA) is 64.3 Å². The molecule has 18 heavy (non-hydrogen) atoms. The van der Waals surface area contributed by atoms with Crippen molar-refractivity contribution in [1.29, 1.82) is 5.26 Å². The van der Waals surface area contributed by atoms with Gasteiger partial charge in [-0.2, -0.15) is 5.26 Å². The van der Waals surface area contributed by atoms with Gasteiger partial charge in [0.05, 0.1) is 11.3 Å². The first-order chi connectivity index (χ1) is 8.54. The molecule has 1 N–H and O–H groups in total. The van der Waals surface area contributed by atoms with Crippen LogP contribution < -0.4 is 4.90 Å². The smallest absolute Gasteiger partial charge is 0.326 e. The lowest BCUT2D eigenvalue weighted by Crippen LogP contribution is -2.39. The first kappa shape index (κ1) is 12.9. The molecule has 94 valence electrons. The highest BCUT2D eigenvalue weighted by Gasteiger charge is 2.37. The van der Waals surface area contributed by atoms with Crippen LogP contribution in [0.25, 0.3) is 0 Å². The zero-order valence-electron chi connectivity index (χ0n) is 9.93. The number of carbonyl (C=O) groups is 1. The lowest BCUT2D eigenvalue weighted by Gasteiger charge is -2.26. The largest absolute Gasteiger partial charge is 0.480 e. The van der Waals surface area contributed by atoms with Crippen LogP contribution >= 0.6 is 15.9 Å². The number of benzene rings is 1. The molecule has 1 aliphatic heterocycles. The number of anilines is 1. The Morgan fingerprint density at radius 3 is 2.94 bits per heavy atom. The van der Waals surface area contributed by atoms with Gasteiger partial charge in [-0.3, -0.25) is 0 Å². The van der Waals surface area contributed by atoms with E-state index in [0.29, 0.717) is 17.8 Å². The molecule has 1 aliphatic rings. The van der Waals surface area contributed by atoms with Gasteiger partial charge in [0.15, 0.2) is 0 Å². The molecule has 2 unspecified atom stereocenters. The van der Waals surface area contributed by atoms with Crippen LogP contribution in [0.2, 0.25) is 0 Å². The lowest BCUT2D eigenvalue weighted by atomic mass is 10.0. The molecule has 1 aromatic carbocycles. The van der Waals surface area contributed by atoms with Crippen LogP contribution in [0, 0.1) is 17.2 Å². The van der Waals surface area contributed by atoms with E-state index in [1.165, 1.54) is 0 Å². The Morgan fingerprint density at radius 1 is 1.61 bits per heavy atom. The van der Waals surface area contributed by atoms with Gasteiger partial charge < -0.3 is 10.0 Å². The summed E-state index contributed by atoms with van der Waals surface area (Å²) in [5, 5.41) is 18.4. The van der Waals surface area contributed by atoms with Gasteiger partial charge in [-0.15, -0.1) is 0 Å². The maximum atomic E-state index is 11.3. The van der Waals surface area contributed by atoms with Crippen molar-refractivity contribution in [3.63, 3.8) is 0 Å². The van der Waals surface area contributed by atoms with Gasteiger partial charge >= 0.3 is 5.97 Å². The number of halogens is 1. The highest BCUT2D eigenvalue weighted by molar-refractivity contribution is 9.10. The van der Waals surface area contributed by atoms with Crippen LogP contribution in [0.4, 0.5) is 5.69 Å². The van der Waals surface area contributed by atoms with Gasteiger partial charge in [-0.1, -0.05) is 22.9 Å². The molecule has 5 heteroatoms. The van der Waals surface area contributed by atoms with E-state index in [-0.39, 0.29) is 5.92 Å². The summed E-state index contributed by atoms with van der Waals surface area (Å²) in [5.74, 6) is -0.739. The van der Waals surface area contributed by atoms with Crippen LogP contribution in [-0.2, 0) is 4.79 Å². The fourth-order valence-electron chi connectivity index (χ4n) is 2.43. The van der Waals surface area contributed by atoms with E-state index >= 15 is 0 Å². The zero-order valence-corrected chi connectivity index (χ0v) is 11.5. The predicted molar refractivity (Wildman–Crippen MR) is 71.4 cm³/mol. The Morgan fingerprint density at radius 2 is 2.33 bits per heavy atom. The molecule has 2 rings (SSSR count). The molecule has 0 spiro atoms. The van der Waals surface area contributed by atoms with Crippen molar-refractivity contribution in [2.45, 2.75) is 19.4 Å². The van der Waals surface area contributed by atoms with Gasteiger partial charge in [-0.05, 0) is 30.5 Å². The third-order valence-corrected chi connectivity index (χ3v) is 3.84. The average molecular weight is 309 g/mol. The summed E-state index contributed by atoms with van der Waals surface area (Å²) in [7, 11) is 0. The third kappa shape index (κ3) is 2.21. The molecule has 1 heterocycles. The maximum Gasteiger partial charge on any atom is 0.326 e. The molecule has 1 saturated heterocycles. The number of nitrogens with zero attached hydrogens (tertiary/aromatic N) is 2. The maximum absolute atomic E-state index is 11.3. The Labute approximate surface area is 114 Å². The Hall–Kier alpha value is -1.54. The van der Waals surface area contributed by atoms with E-state index in [1.807, 2.05) is 17.9 Å². The van der Waals surface area contributed by atoms with Gasteiger partial charge in [0.2, 0.25) is 0 Å². The van der Waals surface area contributed by atoms with Crippen molar-refractivity contribution < 1.29 is 9.90 Å². The number of carboxylic acid groups (broad SMARTS) is 1. The number of hydrogen-bond acceptors (Lipinski definition) is 3. The SMILES string of the molecule is CC1CCN(c2cc(Br)ccc2C#N)C1C(=O)O. The molecule has 1 aromatic rings. The van der Waals surface area contributed by atoms with Crippen LogP contribution in [0.5, 0.6) is 0 Å². The summed E-state index contributed by atoms with van der Waals surface area (Å²) < 4.78 is 0.847. The van der Waals surface area contributed by atoms with Gasteiger partial charge in [0, 0.05) is 11.0 Å². The minimum atomic E-state index is -0.830. The standard InChI is InChI=1S/C13H13BrN2O2/c1-8-4-5-16(12(8)13(17)18)11-6-10(14)3-2-9(11)7-15/h2-3,6,8,12H,4-5H2,1H3,(H,17,18). The quantitative estimate of drug-likeness (QED) is 0.912. The molecule has 0 radical (unpaired) electrons. The van der Waals surface area contributed by atoms with E-state index in [0.717, 1.165) is 10.9 Å². The summed E-state index contributed by atoms with van der Waals surface area (Å²) in [6.07, 6.45) is 0.828. The second-order valence-electron chi connectivity index (χ2n) is 4.52. The molecular formula is C13H13BrN2O2. The Balaban J connectivity index is 2.45. The number of hydrogen-bond donors (Lipinski definition) is 1. The molecule has 2 atom stereocenters. The first-order valence-electron chi connectivity index (χ1n) is 5.73.